The van der Waals surface area contributed by atoms with Crippen molar-refractivity contribution >= 4 is 17.8 Å². The molecule has 5 nitrogen and oxygen atoms in total. The highest BCUT2D eigenvalue weighted by molar-refractivity contribution is 6.05. The standard InChI is InChI=1S/C15H17NO4/c17-13(10-20-15(19)12-8-4-5-9-12)16-14(18)11-6-2-1-3-7-11/h1-3,6-7,12H,4-5,8-10H2,(H,16,17,18). The largest absolute Gasteiger partial charge is 0.455 e. The minimum atomic E-state index is -0.606. The van der Waals surface area contributed by atoms with Crippen molar-refractivity contribution in [3.63, 3.8) is 0 Å². The smallest absolute Gasteiger partial charge is 0.309 e. The lowest BCUT2D eigenvalue weighted by molar-refractivity contribution is -0.152. The second-order valence-electron chi connectivity index (χ2n) is 4.83. The fraction of sp³-hybridized carbons (Fsp3) is 0.400. The number of carbonyl (C=O) groups is 3. The van der Waals surface area contributed by atoms with Crippen molar-refractivity contribution in [2.24, 2.45) is 5.92 Å². The van der Waals surface area contributed by atoms with Crippen molar-refractivity contribution in [1.82, 2.24) is 5.32 Å². The van der Waals surface area contributed by atoms with Crippen molar-refractivity contribution in [2.75, 3.05) is 6.61 Å². The number of nitrogens with one attached hydrogen (secondary N) is 1. The predicted octanol–water partition coefficient (Wildman–Crippen LogP) is 1.68. The quantitative estimate of drug-likeness (QED) is 0.848. The predicted molar refractivity (Wildman–Crippen MR) is 71.8 cm³/mol. The fourth-order valence-corrected chi connectivity index (χ4v) is 2.24. The Kier molecular flexibility index (Phi) is 4.87. The van der Waals surface area contributed by atoms with Crippen LogP contribution < -0.4 is 5.32 Å². The molecule has 2 amide bonds. The molecule has 1 N–H and O–H groups in total. The summed E-state index contributed by atoms with van der Waals surface area (Å²) >= 11 is 0. The van der Waals surface area contributed by atoms with Crippen LogP contribution in [0.5, 0.6) is 0 Å². The van der Waals surface area contributed by atoms with E-state index in [1.807, 2.05) is 0 Å². The van der Waals surface area contributed by atoms with E-state index >= 15 is 0 Å². The first kappa shape index (κ1) is 14.2. The highest BCUT2D eigenvalue weighted by Crippen LogP contribution is 2.25. The number of rotatable bonds is 4. The van der Waals surface area contributed by atoms with E-state index in [4.69, 9.17) is 4.74 Å². The molecule has 0 unspecified atom stereocenters. The third-order valence-corrected chi connectivity index (χ3v) is 3.32. The van der Waals surface area contributed by atoms with Gasteiger partial charge in [-0.2, -0.15) is 0 Å². The van der Waals surface area contributed by atoms with Crippen LogP contribution in [0.4, 0.5) is 0 Å². The van der Waals surface area contributed by atoms with Crippen LogP contribution in [0, 0.1) is 5.92 Å². The molecule has 1 aliphatic carbocycles. The maximum Gasteiger partial charge on any atom is 0.309 e. The number of amides is 2. The second-order valence-corrected chi connectivity index (χ2v) is 4.83. The number of ether oxygens (including phenoxy) is 1. The molecule has 1 aliphatic rings. The number of carbonyl (C=O) groups excluding carboxylic acids is 3. The van der Waals surface area contributed by atoms with E-state index in [9.17, 15) is 14.4 Å². The van der Waals surface area contributed by atoms with E-state index in [0.717, 1.165) is 25.7 Å². The zero-order chi connectivity index (χ0) is 14.4. The SMILES string of the molecule is O=C(COC(=O)C1CCCC1)NC(=O)c1ccccc1. The van der Waals surface area contributed by atoms with Gasteiger partial charge in [0, 0.05) is 5.56 Å². The van der Waals surface area contributed by atoms with Gasteiger partial charge in [0.1, 0.15) is 0 Å². The van der Waals surface area contributed by atoms with E-state index in [-0.39, 0.29) is 11.9 Å². The number of hydrogen-bond acceptors (Lipinski definition) is 4. The monoisotopic (exact) mass is 275 g/mol. The van der Waals surface area contributed by atoms with Crippen LogP contribution >= 0.6 is 0 Å². The average Bonchev–Trinajstić information content (AvgIpc) is 3.00. The zero-order valence-electron chi connectivity index (χ0n) is 11.1. The summed E-state index contributed by atoms with van der Waals surface area (Å²) < 4.78 is 4.92. The summed E-state index contributed by atoms with van der Waals surface area (Å²) in [5.41, 5.74) is 0.392. The van der Waals surface area contributed by atoms with Crippen LogP contribution in [0.3, 0.4) is 0 Å². The molecule has 1 aromatic rings. The Morgan fingerprint density at radius 1 is 1.10 bits per heavy atom. The van der Waals surface area contributed by atoms with Gasteiger partial charge in [-0.05, 0) is 25.0 Å². The lowest BCUT2D eigenvalue weighted by atomic mass is 10.1. The highest BCUT2D eigenvalue weighted by Gasteiger charge is 2.24. The molecule has 106 valence electrons. The van der Waals surface area contributed by atoms with E-state index < -0.39 is 18.4 Å². The Morgan fingerprint density at radius 2 is 1.75 bits per heavy atom. The van der Waals surface area contributed by atoms with Gasteiger partial charge in [-0.25, -0.2) is 0 Å². The average molecular weight is 275 g/mol. The molecular formula is C15H17NO4. The van der Waals surface area contributed by atoms with Crippen LogP contribution in [-0.4, -0.2) is 24.4 Å². The molecule has 0 aliphatic heterocycles. The molecule has 0 spiro atoms. The molecule has 0 atom stereocenters. The van der Waals surface area contributed by atoms with Crippen LogP contribution in [0.1, 0.15) is 36.0 Å². The van der Waals surface area contributed by atoms with Gasteiger partial charge in [0.05, 0.1) is 5.92 Å². The van der Waals surface area contributed by atoms with Gasteiger partial charge in [0.15, 0.2) is 6.61 Å². The normalized spacial score (nSPS) is 14.8. The minimum absolute atomic E-state index is 0.0902. The molecular weight excluding hydrogens is 258 g/mol. The molecule has 5 heteroatoms. The van der Waals surface area contributed by atoms with Crippen LogP contribution in [0.25, 0.3) is 0 Å². The van der Waals surface area contributed by atoms with Gasteiger partial charge in [0.2, 0.25) is 0 Å². The van der Waals surface area contributed by atoms with E-state index in [1.54, 1.807) is 30.3 Å². The van der Waals surface area contributed by atoms with Crippen molar-refractivity contribution in [3.05, 3.63) is 35.9 Å². The molecule has 20 heavy (non-hydrogen) atoms. The topological polar surface area (TPSA) is 72.5 Å². The zero-order valence-corrected chi connectivity index (χ0v) is 11.1. The fourth-order valence-electron chi connectivity index (χ4n) is 2.24. The Bertz CT molecular complexity index is 492. The van der Waals surface area contributed by atoms with Gasteiger partial charge >= 0.3 is 5.97 Å². The number of hydrogen-bond donors (Lipinski definition) is 1. The van der Waals surface area contributed by atoms with Crippen LogP contribution in [0.15, 0.2) is 30.3 Å². The van der Waals surface area contributed by atoms with E-state index in [1.165, 1.54) is 0 Å². The van der Waals surface area contributed by atoms with Gasteiger partial charge in [-0.1, -0.05) is 31.0 Å². The lowest BCUT2D eigenvalue weighted by Crippen LogP contribution is -2.34. The van der Waals surface area contributed by atoms with Crippen molar-refractivity contribution in [2.45, 2.75) is 25.7 Å². The molecule has 0 aromatic heterocycles. The van der Waals surface area contributed by atoms with Crippen molar-refractivity contribution in [3.8, 4) is 0 Å². The van der Waals surface area contributed by atoms with Crippen LogP contribution in [0.2, 0.25) is 0 Å². The molecule has 0 heterocycles. The number of imide groups is 1. The maximum absolute atomic E-state index is 11.7. The van der Waals surface area contributed by atoms with Gasteiger partial charge in [0.25, 0.3) is 11.8 Å². The summed E-state index contributed by atoms with van der Waals surface area (Å²) in [5.74, 6) is -1.53. The molecule has 0 saturated heterocycles. The third-order valence-electron chi connectivity index (χ3n) is 3.32. The van der Waals surface area contributed by atoms with E-state index in [0.29, 0.717) is 5.56 Å². The first-order valence-electron chi connectivity index (χ1n) is 6.72. The maximum atomic E-state index is 11.7. The lowest BCUT2D eigenvalue weighted by Gasteiger charge is -2.09. The Morgan fingerprint density at radius 3 is 2.40 bits per heavy atom. The first-order chi connectivity index (χ1) is 9.66. The Balaban J connectivity index is 1.75. The molecule has 1 saturated carbocycles. The summed E-state index contributed by atoms with van der Waals surface area (Å²) in [6, 6.07) is 8.40. The molecule has 1 aromatic carbocycles. The van der Waals surface area contributed by atoms with Crippen molar-refractivity contribution in [1.29, 1.82) is 0 Å². The van der Waals surface area contributed by atoms with Crippen molar-refractivity contribution < 1.29 is 19.1 Å². The van der Waals surface area contributed by atoms with Crippen LogP contribution in [-0.2, 0) is 14.3 Å². The summed E-state index contributed by atoms with van der Waals surface area (Å²) in [7, 11) is 0. The highest BCUT2D eigenvalue weighted by atomic mass is 16.5. The summed E-state index contributed by atoms with van der Waals surface area (Å²) in [6.45, 7) is -0.409. The number of benzene rings is 1. The third kappa shape index (κ3) is 3.91. The molecule has 2 rings (SSSR count). The summed E-state index contributed by atoms with van der Waals surface area (Å²) in [5, 5.41) is 2.19. The second kappa shape index (κ2) is 6.84. The number of esters is 1. The summed E-state index contributed by atoms with van der Waals surface area (Å²) in [6.07, 6.45) is 3.70. The van der Waals surface area contributed by atoms with Gasteiger partial charge in [-0.3, -0.25) is 19.7 Å². The molecule has 0 radical (unpaired) electrons. The first-order valence-corrected chi connectivity index (χ1v) is 6.72. The Hall–Kier alpha value is -2.17. The summed E-state index contributed by atoms with van der Waals surface area (Å²) in [4.78, 5) is 34.8. The molecule has 1 fully saturated rings. The van der Waals surface area contributed by atoms with Gasteiger partial charge in [-0.15, -0.1) is 0 Å². The minimum Gasteiger partial charge on any atom is -0.455 e. The van der Waals surface area contributed by atoms with E-state index in [2.05, 4.69) is 5.32 Å². The van der Waals surface area contributed by atoms with Gasteiger partial charge < -0.3 is 4.74 Å². The Labute approximate surface area is 117 Å². The molecule has 0 bridgehead atoms.